The Morgan fingerprint density at radius 1 is 0.414 bits per heavy atom. The zero-order valence-electron chi connectivity index (χ0n) is 31.7. The van der Waals surface area contributed by atoms with E-state index in [2.05, 4.69) is 203 Å². The average molecular weight is 741 g/mol. The van der Waals surface area contributed by atoms with E-state index < -0.39 is 0 Å². The predicted molar refractivity (Wildman–Crippen MR) is 242 cm³/mol. The van der Waals surface area contributed by atoms with Gasteiger partial charge in [0.1, 0.15) is 0 Å². The minimum Gasteiger partial charge on any atom is -0.309 e. The second kappa shape index (κ2) is 13.0. The molecular formula is C54H36N4. The van der Waals surface area contributed by atoms with Crippen molar-refractivity contribution in [2.24, 2.45) is 0 Å². The fourth-order valence-corrected chi connectivity index (χ4v) is 9.35. The van der Waals surface area contributed by atoms with Crippen molar-refractivity contribution >= 4 is 60.5 Å². The minimum absolute atomic E-state index is 0.664. The molecule has 0 spiro atoms. The van der Waals surface area contributed by atoms with Gasteiger partial charge in [0.2, 0.25) is 5.95 Å². The Hall–Kier alpha value is -7.56. The topological polar surface area (TPSA) is 35.6 Å². The first-order valence-corrected chi connectivity index (χ1v) is 20.1. The summed E-state index contributed by atoms with van der Waals surface area (Å²) in [7, 11) is 0. The lowest BCUT2D eigenvalue weighted by Crippen LogP contribution is -2.05. The Morgan fingerprint density at radius 2 is 1.03 bits per heavy atom. The van der Waals surface area contributed by atoms with Crippen LogP contribution in [0.5, 0.6) is 0 Å². The fraction of sp³-hybridized carbons (Fsp3) is 0.0370. The zero-order chi connectivity index (χ0) is 38.2. The SMILES string of the molecule is C1=Cc2cccc(-c3cc(-c4cccc5ccccc45)nc(-n4c5ccccc5c5cc(-c6ccc7c8ccccc8n(-c8ccccc8)c7c6)ccc54)n3)c2CC1. The number of nitrogens with zero attached hydrogens (tertiary/aromatic N) is 4. The predicted octanol–water partition coefficient (Wildman–Crippen LogP) is 13.8. The van der Waals surface area contributed by atoms with Crippen molar-refractivity contribution in [3.63, 3.8) is 0 Å². The number of fused-ring (bicyclic) bond motifs is 8. The van der Waals surface area contributed by atoms with E-state index in [1.165, 1.54) is 65.6 Å². The number of rotatable bonds is 5. The summed E-state index contributed by atoms with van der Waals surface area (Å²) in [4.78, 5) is 10.9. The summed E-state index contributed by atoms with van der Waals surface area (Å²) in [5.41, 5.74) is 14.7. The van der Waals surface area contributed by atoms with Crippen LogP contribution in [0.15, 0.2) is 188 Å². The van der Waals surface area contributed by atoms with Gasteiger partial charge in [-0.3, -0.25) is 4.57 Å². The fourth-order valence-electron chi connectivity index (χ4n) is 9.35. The van der Waals surface area contributed by atoms with Crippen LogP contribution in [0, 0.1) is 0 Å². The lowest BCUT2D eigenvalue weighted by molar-refractivity contribution is 0.973. The molecular weight excluding hydrogens is 705 g/mol. The van der Waals surface area contributed by atoms with Gasteiger partial charge in [-0.25, -0.2) is 9.97 Å². The molecule has 0 N–H and O–H groups in total. The lowest BCUT2D eigenvalue weighted by Gasteiger charge is -2.17. The monoisotopic (exact) mass is 740 g/mol. The van der Waals surface area contributed by atoms with Crippen molar-refractivity contribution in [1.82, 2.24) is 19.1 Å². The summed E-state index contributed by atoms with van der Waals surface area (Å²) >= 11 is 0. The first-order chi connectivity index (χ1) is 28.8. The third kappa shape index (κ3) is 5.08. The molecule has 4 nitrogen and oxygen atoms in total. The Morgan fingerprint density at radius 3 is 1.90 bits per heavy atom. The second-order valence-electron chi connectivity index (χ2n) is 15.3. The number of aromatic nitrogens is 4. The first-order valence-electron chi connectivity index (χ1n) is 20.1. The number of para-hydroxylation sites is 3. The highest BCUT2D eigenvalue weighted by Gasteiger charge is 2.21. The molecule has 12 rings (SSSR count). The summed E-state index contributed by atoms with van der Waals surface area (Å²) in [6, 6.07) is 65.6. The molecule has 1 aliphatic rings. The molecule has 4 heteroatoms. The van der Waals surface area contributed by atoms with Crippen LogP contribution >= 0.6 is 0 Å². The maximum Gasteiger partial charge on any atom is 0.235 e. The third-order valence-corrected chi connectivity index (χ3v) is 12.0. The van der Waals surface area contributed by atoms with Gasteiger partial charge in [0, 0.05) is 38.4 Å². The molecule has 3 heterocycles. The van der Waals surface area contributed by atoms with Crippen LogP contribution in [0.25, 0.3) is 106 Å². The molecule has 0 radical (unpaired) electrons. The van der Waals surface area contributed by atoms with Crippen LogP contribution in [0.2, 0.25) is 0 Å². The lowest BCUT2D eigenvalue weighted by atomic mass is 9.91. The zero-order valence-corrected chi connectivity index (χ0v) is 31.7. The number of benzene rings is 8. The highest BCUT2D eigenvalue weighted by atomic mass is 15.2. The van der Waals surface area contributed by atoms with Crippen molar-refractivity contribution in [1.29, 1.82) is 0 Å². The van der Waals surface area contributed by atoms with E-state index in [0.29, 0.717) is 5.95 Å². The number of hydrogen-bond donors (Lipinski definition) is 0. The van der Waals surface area contributed by atoms with Gasteiger partial charge in [0.25, 0.3) is 0 Å². The Kier molecular flexibility index (Phi) is 7.32. The van der Waals surface area contributed by atoms with E-state index >= 15 is 0 Å². The molecule has 8 aromatic carbocycles. The van der Waals surface area contributed by atoms with E-state index in [0.717, 1.165) is 52.1 Å². The van der Waals surface area contributed by atoms with E-state index in [1.54, 1.807) is 0 Å². The minimum atomic E-state index is 0.664. The van der Waals surface area contributed by atoms with Gasteiger partial charge in [-0.15, -0.1) is 0 Å². The second-order valence-corrected chi connectivity index (χ2v) is 15.3. The Labute approximate surface area is 335 Å². The molecule has 0 fully saturated rings. The highest BCUT2D eigenvalue weighted by molar-refractivity contribution is 6.12. The molecule has 0 unspecified atom stereocenters. The molecule has 11 aromatic rings. The molecule has 0 bridgehead atoms. The van der Waals surface area contributed by atoms with Crippen molar-refractivity contribution in [2.75, 3.05) is 0 Å². The Balaban J connectivity index is 1.08. The van der Waals surface area contributed by atoms with Gasteiger partial charge >= 0.3 is 0 Å². The van der Waals surface area contributed by atoms with E-state index in [1.807, 2.05) is 0 Å². The average Bonchev–Trinajstić information content (AvgIpc) is 3.81. The maximum absolute atomic E-state index is 5.46. The Bertz CT molecular complexity index is 3450. The summed E-state index contributed by atoms with van der Waals surface area (Å²) in [6.07, 6.45) is 6.53. The standard InChI is InChI=1S/C54H36N4/c1-2-18-39(19-3-1)57-50-26-10-8-22-44(50)46-30-28-38(33-53(46)57)37-29-31-52-47(32-37)45-23-9-11-27-51(45)58(52)54-55-48(42-24-12-16-35-14-4-6-20-40(35)42)34-49(56-54)43-25-13-17-36-15-5-7-21-41(36)43/h1-6,8-20,22-34H,7,21H2. The van der Waals surface area contributed by atoms with E-state index in [4.69, 9.17) is 9.97 Å². The van der Waals surface area contributed by atoms with Crippen LogP contribution in [0.1, 0.15) is 17.5 Å². The first kappa shape index (κ1) is 32.7. The number of hydrogen-bond acceptors (Lipinski definition) is 2. The molecule has 0 saturated carbocycles. The van der Waals surface area contributed by atoms with Crippen LogP contribution < -0.4 is 0 Å². The third-order valence-electron chi connectivity index (χ3n) is 12.0. The van der Waals surface area contributed by atoms with Crippen molar-refractivity contribution < 1.29 is 0 Å². The van der Waals surface area contributed by atoms with E-state index in [-0.39, 0.29) is 0 Å². The van der Waals surface area contributed by atoms with Gasteiger partial charge in [-0.05, 0) is 94.4 Å². The van der Waals surface area contributed by atoms with Gasteiger partial charge in [-0.2, -0.15) is 0 Å². The summed E-state index contributed by atoms with van der Waals surface area (Å²) < 4.78 is 4.65. The van der Waals surface area contributed by atoms with Gasteiger partial charge in [0.05, 0.1) is 33.5 Å². The van der Waals surface area contributed by atoms with Gasteiger partial charge in [0.15, 0.2) is 0 Å². The van der Waals surface area contributed by atoms with Crippen LogP contribution in [0.3, 0.4) is 0 Å². The quantitative estimate of drug-likeness (QED) is 0.176. The molecule has 0 aliphatic heterocycles. The van der Waals surface area contributed by atoms with Crippen LogP contribution in [-0.2, 0) is 6.42 Å². The molecule has 272 valence electrons. The van der Waals surface area contributed by atoms with Gasteiger partial charge in [-0.1, -0.05) is 146 Å². The van der Waals surface area contributed by atoms with E-state index in [9.17, 15) is 0 Å². The normalized spacial score (nSPS) is 12.6. The van der Waals surface area contributed by atoms with Crippen LogP contribution in [-0.4, -0.2) is 19.1 Å². The molecule has 3 aromatic heterocycles. The van der Waals surface area contributed by atoms with Crippen LogP contribution in [0.4, 0.5) is 0 Å². The molecule has 0 amide bonds. The van der Waals surface area contributed by atoms with Crippen molar-refractivity contribution in [2.45, 2.75) is 12.8 Å². The number of allylic oxidation sites excluding steroid dienone is 1. The van der Waals surface area contributed by atoms with Crippen molar-refractivity contribution in [3.8, 4) is 45.3 Å². The maximum atomic E-state index is 5.46. The summed E-state index contributed by atoms with van der Waals surface area (Å²) in [5, 5.41) is 7.20. The van der Waals surface area contributed by atoms with Crippen molar-refractivity contribution in [3.05, 3.63) is 199 Å². The van der Waals surface area contributed by atoms with Gasteiger partial charge < -0.3 is 4.57 Å². The molecule has 58 heavy (non-hydrogen) atoms. The smallest absolute Gasteiger partial charge is 0.235 e. The molecule has 1 aliphatic carbocycles. The highest BCUT2D eigenvalue weighted by Crippen LogP contribution is 2.40. The molecule has 0 atom stereocenters. The largest absolute Gasteiger partial charge is 0.309 e. The summed E-state index contributed by atoms with van der Waals surface area (Å²) in [6.45, 7) is 0. The molecule has 0 saturated heterocycles. The summed E-state index contributed by atoms with van der Waals surface area (Å²) in [5.74, 6) is 0.664.